The predicted molar refractivity (Wildman–Crippen MR) is 99.2 cm³/mol. The van der Waals surface area contributed by atoms with Crippen LogP contribution in [0.3, 0.4) is 0 Å². The van der Waals surface area contributed by atoms with Crippen LogP contribution in [-0.2, 0) is 0 Å². The van der Waals surface area contributed by atoms with Crippen molar-refractivity contribution in [1.29, 1.82) is 0 Å². The molecule has 0 saturated heterocycles. The van der Waals surface area contributed by atoms with Crippen LogP contribution in [0.4, 0.5) is 11.4 Å². The third-order valence-corrected chi connectivity index (χ3v) is 4.65. The van der Waals surface area contributed by atoms with Gasteiger partial charge >= 0.3 is 0 Å². The molecule has 0 aromatic heterocycles. The van der Waals surface area contributed by atoms with Gasteiger partial charge < -0.3 is 14.7 Å². The SMILES string of the molecule is CCN1CN([C@H](CCN(C)C)c2ccccc2)c2ccccc21. The van der Waals surface area contributed by atoms with Gasteiger partial charge in [-0.05, 0) is 51.7 Å². The average molecular weight is 309 g/mol. The Morgan fingerprint density at radius 2 is 1.61 bits per heavy atom. The highest BCUT2D eigenvalue weighted by atomic mass is 15.4. The Bertz CT molecular complexity index is 624. The second-order valence-electron chi connectivity index (χ2n) is 6.47. The Balaban J connectivity index is 1.94. The Morgan fingerprint density at radius 1 is 0.957 bits per heavy atom. The molecule has 0 aliphatic carbocycles. The number of para-hydroxylation sites is 2. The molecule has 1 atom stereocenters. The van der Waals surface area contributed by atoms with Gasteiger partial charge in [0, 0.05) is 6.54 Å². The van der Waals surface area contributed by atoms with Crippen LogP contribution in [0.2, 0.25) is 0 Å². The highest BCUT2D eigenvalue weighted by molar-refractivity contribution is 5.76. The maximum Gasteiger partial charge on any atom is 0.0910 e. The molecule has 0 unspecified atom stereocenters. The predicted octanol–water partition coefficient (Wildman–Crippen LogP) is 3.98. The third kappa shape index (κ3) is 3.35. The van der Waals surface area contributed by atoms with E-state index in [4.69, 9.17) is 0 Å². The molecule has 3 nitrogen and oxygen atoms in total. The van der Waals surface area contributed by atoms with Crippen LogP contribution in [0, 0.1) is 0 Å². The molecule has 0 radical (unpaired) electrons. The van der Waals surface area contributed by atoms with E-state index in [0.717, 1.165) is 26.2 Å². The lowest BCUT2D eigenvalue weighted by Crippen LogP contribution is -2.35. The lowest BCUT2D eigenvalue weighted by molar-refractivity contribution is 0.377. The maximum absolute atomic E-state index is 2.57. The fraction of sp³-hybridized carbons (Fsp3) is 0.400. The van der Waals surface area contributed by atoms with E-state index in [1.165, 1.54) is 16.9 Å². The second kappa shape index (κ2) is 7.05. The van der Waals surface area contributed by atoms with Crippen LogP contribution in [0.5, 0.6) is 0 Å². The minimum Gasteiger partial charge on any atom is -0.352 e. The second-order valence-corrected chi connectivity index (χ2v) is 6.47. The number of anilines is 2. The fourth-order valence-electron chi connectivity index (χ4n) is 3.41. The van der Waals surface area contributed by atoms with Gasteiger partial charge in [-0.15, -0.1) is 0 Å². The average Bonchev–Trinajstić information content (AvgIpc) is 2.95. The van der Waals surface area contributed by atoms with Gasteiger partial charge in [-0.3, -0.25) is 0 Å². The minimum atomic E-state index is 0.413. The van der Waals surface area contributed by atoms with Crippen LogP contribution in [0.25, 0.3) is 0 Å². The van der Waals surface area contributed by atoms with Crippen molar-refractivity contribution in [3.63, 3.8) is 0 Å². The summed E-state index contributed by atoms with van der Waals surface area (Å²) in [6, 6.07) is 20.1. The van der Waals surface area contributed by atoms with Gasteiger partial charge in [0.25, 0.3) is 0 Å². The van der Waals surface area contributed by atoms with Crippen LogP contribution < -0.4 is 9.80 Å². The summed E-state index contributed by atoms with van der Waals surface area (Å²) in [5.74, 6) is 0. The van der Waals surface area contributed by atoms with Crippen molar-refractivity contribution in [2.24, 2.45) is 0 Å². The van der Waals surface area contributed by atoms with E-state index in [2.05, 4.69) is 90.3 Å². The first-order valence-electron chi connectivity index (χ1n) is 8.51. The number of nitrogens with zero attached hydrogens (tertiary/aromatic N) is 3. The number of hydrogen-bond acceptors (Lipinski definition) is 3. The van der Waals surface area contributed by atoms with Crippen LogP contribution >= 0.6 is 0 Å². The molecule has 1 aliphatic heterocycles. The Kier molecular flexibility index (Phi) is 4.87. The minimum absolute atomic E-state index is 0.413. The van der Waals surface area contributed by atoms with Gasteiger partial charge in [0.15, 0.2) is 0 Å². The van der Waals surface area contributed by atoms with Crippen LogP contribution in [0.1, 0.15) is 24.9 Å². The molecule has 23 heavy (non-hydrogen) atoms. The number of rotatable bonds is 6. The Hall–Kier alpha value is -2.00. The molecule has 2 aromatic rings. The highest BCUT2D eigenvalue weighted by Crippen LogP contribution is 2.41. The first-order valence-corrected chi connectivity index (χ1v) is 8.51. The van der Waals surface area contributed by atoms with Gasteiger partial charge in [-0.2, -0.15) is 0 Å². The van der Waals surface area contributed by atoms with Gasteiger partial charge in [-0.1, -0.05) is 42.5 Å². The number of hydrogen-bond donors (Lipinski definition) is 0. The molecular formula is C20H27N3. The van der Waals surface area contributed by atoms with E-state index >= 15 is 0 Å². The molecule has 3 heteroatoms. The molecule has 1 heterocycles. The first kappa shape index (κ1) is 15.9. The molecule has 0 amide bonds. The van der Waals surface area contributed by atoms with Crippen molar-refractivity contribution in [2.45, 2.75) is 19.4 Å². The van der Waals surface area contributed by atoms with Gasteiger partial charge in [0.2, 0.25) is 0 Å². The molecule has 0 spiro atoms. The normalized spacial score (nSPS) is 15.1. The van der Waals surface area contributed by atoms with Crippen LogP contribution in [0.15, 0.2) is 54.6 Å². The summed E-state index contributed by atoms with van der Waals surface area (Å²) in [4.78, 5) is 7.30. The zero-order valence-corrected chi connectivity index (χ0v) is 14.4. The van der Waals surface area contributed by atoms with E-state index in [9.17, 15) is 0 Å². The van der Waals surface area contributed by atoms with Crippen molar-refractivity contribution >= 4 is 11.4 Å². The van der Waals surface area contributed by atoms with Crippen molar-refractivity contribution < 1.29 is 0 Å². The molecule has 2 aromatic carbocycles. The summed E-state index contributed by atoms with van der Waals surface area (Å²) in [5, 5.41) is 0. The monoisotopic (exact) mass is 309 g/mol. The molecule has 0 N–H and O–H groups in total. The molecule has 122 valence electrons. The number of benzene rings is 2. The van der Waals surface area contributed by atoms with Crippen molar-refractivity contribution in [1.82, 2.24) is 4.90 Å². The van der Waals surface area contributed by atoms with Crippen molar-refractivity contribution in [3.05, 3.63) is 60.2 Å². The Labute approximate surface area is 140 Å². The van der Waals surface area contributed by atoms with E-state index in [-0.39, 0.29) is 0 Å². The smallest absolute Gasteiger partial charge is 0.0910 e. The summed E-state index contributed by atoms with van der Waals surface area (Å²) in [6.07, 6.45) is 1.13. The van der Waals surface area contributed by atoms with Crippen molar-refractivity contribution in [3.8, 4) is 0 Å². The first-order chi connectivity index (χ1) is 11.2. The summed E-state index contributed by atoms with van der Waals surface area (Å²) < 4.78 is 0. The van der Waals surface area contributed by atoms with Gasteiger partial charge in [0.1, 0.15) is 0 Å². The standard InChI is InChI=1S/C20H27N3/c1-4-22-16-23(20-13-9-8-12-19(20)22)18(14-15-21(2)3)17-10-6-5-7-11-17/h5-13,18H,4,14-16H2,1-3H3/t18-/m1/s1. The van der Waals surface area contributed by atoms with E-state index < -0.39 is 0 Å². The summed E-state index contributed by atoms with van der Waals surface area (Å²) in [6.45, 7) is 5.34. The molecule has 0 saturated carbocycles. The lowest BCUT2D eigenvalue weighted by atomic mass is 10.0. The highest BCUT2D eigenvalue weighted by Gasteiger charge is 2.30. The van der Waals surface area contributed by atoms with E-state index in [1.807, 2.05) is 0 Å². The zero-order chi connectivity index (χ0) is 16.2. The van der Waals surface area contributed by atoms with E-state index in [1.54, 1.807) is 0 Å². The van der Waals surface area contributed by atoms with E-state index in [0.29, 0.717) is 6.04 Å². The lowest BCUT2D eigenvalue weighted by Gasteiger charge is -2.32. The molecule has 0 fully saturated rings. The Morgan fingerprint density at radius 3 is 2.26 bits per heavy atom. The van der Waals surface area contributed by atoms with Gasteiger partial charge in [0.05, 0.1) is 24.1 Å². The largest absolute Gasteiger partial charge is 0.352 e. The van der Waals surface area contributed by atoms with Crippen LogP contribution in [-0.4, -0.2) is 38.8 Å². The van der Waals surface area contributed by atoms with Gasteiger partial charge in [-0.25, -0.2) is 0 Å². The zero-order valence-electron chi connectivity index (χ0n) is 14.4. The number of fused-ring (bicyclic) bond motifs is 1. The maximum atomic E-state index is 2.57. The fourth-order valence-corrected chi connectivity index (χ4v) is 3.41. The summed E-state index contributed by atoms with van der Waals surface area (Å²) in [5.41, 5.74) is 4.13. The third-order valence-electron chi connectivity index (χ3n) is 4.65. The quantitative estimate of drug-likeness (QED) is 0.799. The molecule has 3 rings (SSSR count). The summed E-state index contributed by atoms with van der Waals surface area (Å²) in [7, 11) is 4.30. The molecule has 1 aliphatic rings. The molecular weight excluding hydrogens is 282 g/mol. The van der Waals surface area contributed by atoms with Crippen molar-refractivity contribution in [2.75, 3.05) is 43.7 Å². The topological polar surface area (TPSA) is 9.72 Å². The summed E-state index contributed by atoms with van der Waals surface area (Å²) >= 11 is 0. The molecule has 0 bridgehead atoms.